The number of nitrogens with one attached hydrogen (secondary N) is 1. The average molecular weight is 298 g/mol. The van der Waals surface area contributed by atoms with Gasteiger partial charge in [-0.2, -0.15) is 0 Å². The maximum absolute atomic E-state index is 5.95. The Kier molecular flexibility index (Phi) is 13.1. The van der Waals surface area contributed by atoms with Gasteiger partial charge in [0, 0.05) is 6.04 Å². The van der Waals surface area contributed by atoms with Crippen molar-refractivity contribution in [3.63, 3.8) is 0 Å². The molecule has 21 heavy (non-hydrogen) atoms. The summed E-state index contributed by atoms with van der Waals surface area (Å²) in [6.45, 7) is 11.8. The smallest absolute Gasteiger partial charge is 0.0619 e. The summed E-state index contributed by atoms with van der Waals surface area (Å²) in [5.74, 6) is 6.89. The highest BCUT2D eigenvalue weighted by atomic mass is 15.4. The zero-order valence-corrected chi connectivity index (χ0v) is 15.0. The highest BCUT2D eigenvalue weighted by Crippen LogP contribution is 2.19. The molecule has 0 saturated carbocycles. The predicted molar refractivity (Wildman–Crippen MR) is 94.9 cm³/mol. The summed E-state index contributed by atoms with van der Waals surface area (Å²) < 4.78 is 0. The van der Waals surface area contributed by atoms with Gasteiger partial charge in [-0.3, -0.25) is 5.84 Å². The van der Waals surface area contributed by atoms with Crippen molar-refractivity contribution in [1.82, 2.24) is 10.3 Å². The molecular formula is C18H39N3. The zero-order chi connectivity index (χ0) is 16.1. The molecule has 3 heteroatoms. The van der Waals surface area contributed by atoms with Crippen LogP contribution in [0.1, 0.15) is 78.6 Å². The molecular weight excluding hydrogens is 258 g/mol. The Labute approximate surface area is 133 Å². The Balaban J connectivity index is 3.58. The fourth-order valence-electron chi connectivity index (χ4n) is 2.72. The van der Waals surface area contributed by atoms with E-state index in [1.807, 2.05) is 12.1 Å². The van der Waals surface area contributed by atoms with Crippen molar-refractivity contribution >= 4 is 0 Å². The quantitative estimate of drug-likeness (QED) is 0.164. The normalized spacial score (nSPS) is 13.1. The zero-order valence-electron chi connectivity index (χ0n) is 15.0. The molecule has 0 fully saturated rings. The number of hydrogen-bond acceptors (Lipinski definition) is 3. The second-order valence-corrected chi connectivity index (χ2v) is 6.45. The van der Waals surface area contributed by atoms with Crippen LogP contribution in [0.25, 0.3) is 0 Å². The summed E-state index contributed by atoms with van der Waals surface area (Å²) in [7, 11) is 1.92. The fourth-order valence-corrected chi connectivity index (χ4v) is 2.72. The first-order chi connectivity index (χ1) is 10.0. The molecule has 0 aromatic rings. The molecule has 3 nitrogen and oxygen atoms in total. The Morgan fingerprint density at radius 2 is 1.76 bits per heavy atom. The molecule has 0 radical (unpaired) electrons. The van der Waals surface area contributed by atoms with E-state index in [-0.39, 0.29) is 0 Å². The number of allylic oxidation sites excluding steroid dienone is 1. The van der Waals surface area contributed by atoms with Gasteiger partial charge in [0.2, 0.25) is 0 Å². The molecule has 0 aliphatic rings. The minimum absolute atomic E-state index is 0.407. The molecule has 1 atom stereocenters. The molecule has 3 N–H and O–H groups in total. The molecule has 0 aromatic heterocycles. The molecule has 1 unspecified atom stereocenters. The van der Waals surface area contributed by atoms with E-state index in [1.54, 1.807) is 0 Å². The van der Waals surface area contributed by atoms with Crippen LogP contribution in [0.15, 0.2) is 12.2 Å². The lowest BCUT2D eigenvalue weighted by molar-refractivity contribution is 0.193. The number of hydrazine groups is 1. The highest BCUT2D eigenvalue weighted by molar-refractivity contribution is 4.94. The van der Waals surface area contributed by atoms with E-state index in [9.17, 15) is 0 Å². The third kappa shape index (κ3) is 10.9. The molecule has 0 aliphatic carbocycles. The van der Waals surface area contributed by atoms with Gasteiger partial charge in [0.15, 0.2) is 0 Å². The monoisotopic (exact) mass is 297 g/mol. The third-order valence-electron chi connectivity index (χ3n) is 4.62. The molecule has 0 aliphatic heterocycles. The average Bonchev–Trinajstić information content (AvgIpc) is 2.48. The van der Waals surface area contributed by atoms with Crippen molar-refractivity contribution in [2.45, 2.75) is 84.6 Å². The van der Waals surface area contributed by atoms with E-state index >= 15 is 0 Å². The Morgan fingerprint density at radius 1 is 1.10 bits per heavy atom. The summed E-state index contributed by atoms with van der Waals surface area (Å²) >= 11 is 0. The number of nitrogens with two attached hydrogens (primary N) is 1. The molecule has 0 heterocycles. The molecule has 0 spiro atoms. The first kappa shape index (κ1) is 20.6. The van der Waals surface area contributed by atoms with E-state index in [1.165, 1.54) is 50.5 Å². The van der Waals surface area contributed by atoms with Gasteiger partial charge in [-0.25, -0.2) is 5.01 Å². The van der Waals surface area contributed by atoms with Gasteiger partial charge in [-0.05, 0) is 45.6 Å². The van der Waals surface area contributed by atoms with Crippen LogP contribution < -0.4 is 11.2 Å². The maximum atomic E-state index is 5.95. The van der Waals surface area contributed by atoms with Gasteiger partial charge >= 0.3 is 0 Å². The van der Waals surface area contributed by atoms with Crippen LogP contribution in [0.3, 0.4) is 0 Å². The van der Waals surface area contributed by atoms with Crippen molar-refractivity contribution in [2.24, 2.45) is 11.8 Å². The third-order valence-corrected chi connectivity index (χ3v) is 4.62. The van der Waals surface area contributed by atoms with Crippen LogP contribution in [0.4, 0.5) is 0 Å². The lowest BCUT2D eigenvalue weighted by atomic mass is 9.95. The van der Waals surface area contributed by atoms with Gasteiger partial charge in [0.25, 0.3) is 0 Å². The lowest BCUT2D eigenvalue weighted by Gasteiger charge is -2.23. The van der Waals surface area contributed by atoms with Crippen LogP contribution in [0.2, 0.25) is 0 Å². The minimum atomic E-state index is 0.407. The van der Waals surface area contributed by atoms with Crippen LogP contribution in [-0.2, 0) is 0 Å². The van der Waals surface area contributed by atoms with Gasteiger partial charge < -0.3 is 5.32 Å². The maximum Gasteiger partial charge on any atom is 0.0619 e. The predicted octanol–water partition coefficient (Wildman–Crippen LogP) is 4.45. The molecule has 126 valence electrons. The summed E-state index contributed by atoms with van der Waals surface area (Å²) in [5.41, 5.74) is 1.39. The molecule has 0 amide bonds. The van der Waals surface area contributed by atoms with E-state index < -0.39 is 0 Å². The van der Waals surface area contributed by atoms with Crippen LogP contribution in [0.5, 0.6) is 0 Å². The van der Waals surface area contributed by atoms with Gasteiger partial charge in [-0.1, -0.05) is 58.1 Å². The summed E-state index contributed by atoms with van der Waals surface area (Å²) in [4.78, 5) is 0. The first-order valence-corrected chi connectivity index (χ1v) is 8.87. The second kappa shape index (κ2) is 13.3. The van der Waals surface area contributed by atoms with Crippen molar-refractivity contribution in [2.75, 3.05) is 13.7 Å². The van der Waals surface area contributed by atoms with Gasteiger partial charge in [0.05, 0.1) is 6.67 Å². The van der Waals surface area contributed by atoms with Crippen molar-refractivity contribution in [3.05, 3.63) is 12.2 Å². The van der Waals surface area contributed by atoms with Crippen LogP contribution in [-0.4, -0.2) is 24.8 Å². The van der Waals surface area contributed by atoms with Crippen LogP contribution >= 0.6 is 0 Å². The van der Waals surface area contributed by atoms with Crippen molar-refractivity contribution in [3.8, 4) is 0 Å². The SMILES string of the molecule is C=C(CCCCCC(CC)CC)CCC(C)N(N)CNC. The van der Waals surface area contributed by atoms with Gasteiger partial charge in [0.1, 0.15) is 0 Å². The largest absolute Gasteiger partial charge is 0.306 e. The van der Waals surface area contributed by atoms with Crippen molar-refractivity contribution < 1.29 is 0 Å². The van der Waals surface area contributed by atoms with E-state index in [2.05, 4.69) is 32.7 Å². The summed E-state index contributed by atoms with van der Waals surface area (Å²) in [5, 5.41) is 4.95. The van der Waals surface area contributed by atoms with Gasteiger partial charge in [-0.15, -0.1) is 0 Å². The van der Waals surface area contributed by atoms with E-state index in [4.69, 9.17) is 5.84 Å². The second-order valence-electron chi connectivity index (χ2n) is 6.45. The Morgan fingerprint density at radius 3 is 2.33 bits per heavy atom. The number of nitrogens with zero attached hydrogens (tertiary/aromatic N) is 1. The van der Waals surface area contributed by atoms with Crippen LogP contribution in [0, 0.1) is 5.92 Å². The Bertz CT molecular complexity index is 249. The Hall–Kier alpha value is -0.380. The fraction of sp³-hybridized carbons (Fsp3) is 0.889. The minimum Gasteiger partial charge on any atom is -0.306 e. The summed E-state index contributed by atoms with van der Waals surface area (Å²) in [6, 6.07) is 0.407. The van der Waals surface area contributed by atoms with Crippen molar-refractivity contribution in [1.29, 1.82) is 0 Å². The lowest BCUT2D eigenvalue weighted by Crippen LogP contribution is -2.44. The molecule has 0 bridgehead atoms. The number of hydrogen-bond donors (Lipinski definition) is 2. The molecule has 0 saturated heterocycles. The standard InChI is InChI=1S/C18H39N3/c1-6-18(7-2)12-10-8-9-11-16(3)13-14-17(4)21(19)15-20-5/h17-18,20H,3,6-15,19H2,1-2,4-5H3. The topological polar surface area (TPSA) is 41.3 Å². The summed E-state index contributed by atoms with van der Waals surface area (Å²) in [6.07, 6.45) is 11.5. The van der Waals surface area contributed by atoms with E-state index in [0.29, 0.717) is 6.04 Å². The van der Waals surface area contributed by atoms with E-state index in [0.717, 1.165) is 25.4 Å². The first-order valence-electron chi connectivity index (χ1n) is 8.87. The molecule has 0 rings (SSSR count). The number of rotatable bonds is 14. The molecule has 0 aromatic carbocycles. The highest BCUT2D eigenvalue weighted by Gasteiger charge is 2.09. The number of unbranched alkanes of at least 4 members (excludes halogenated alkanes) is 2.